The molecule has 0 aliphatic carbocycles. The molecule has 6 aromatic rings. The zero-order valence-corrected chi connectivity index (χ0v) is 31.2. The smallest absolute Gasteiger partial charge is 0.278 e. The quantitative estimate of drug-likeness (QED) is 0.129. The van der Waals surface area contributed by atoms with Gasteiger partial charge in [-0.05, 0) is 66.8 Å². The average Bonchev–Trinajstić information content (AvgIpc) is 3.95. The van der Waals surface area contributed by atoms with Crippen LogP contribution in [0.2, 0.25) is 0 Å². The number of hydrogen-bond acceptors (Lipinski definition) is 12. The molecule has 1 atom stereocenters. The van der Waals surface area contributed by atoms with Crippen LogP contribution in [0.5, 0.6) is 0 Å². The van der Waals surface area contributed by atoms with Crippen molar-refractivity contribution in [1.29, 1.82) is 0 Å². The van der Waals surface area contributed by atoms with Crippen molar-refractivity contribution < 1.29 is 23.6 Å². The number of piperidine rings is 1. The number of benzene rings is 2. The van der Waals surface area contributed by atoms with Crippen molar-refractivity contribution in [3.63, 3.8) is 0 Å². The van der Waals surface area contributed by atoms with Crippen molar-refractivity contribution in [2.24, 2.45) is 0 Å². The summed E-state index contributed by atoms with van der Waals surface area (Å²) in [5.74, 6) is 0.713. The first-order valence-corrected chi connectivity index (χ1v) is 19.1. The molecular formula is C40H41N11O6. The number of furan rings is 1. The monoisotopic (exact) mass is 771 g/mol. The predicted octanol–water partition coefficient (Wildman–Crippen LogP) is 2.43. The lowest BCUT2D eigenvalue weighted by atomic mass is 10.1. The average molecular weight is 772 g/mol. The topological polar surface area (TPSA) is 203 Å². The SMILES string of the molecule is O=C(CCc1ccc2nnn(C3CCC(=O)NC3=O)c(=O)c2c1)NCCCC(=O)N1CCN(c2ccc(-c3cnc(CCc4ccco4)n4cnnc34)cc2)CC1. The first-order chi connectivity index (χ1) is 27.8. The van der Waals surface area contributed by atoms with Crippen molar-refractivity contribution in [2.75, 3.05) is 37.6 Å². The Morgan fingerprint density at radius 1 is 0.930 bits per heavy atom. The molecule has 2 aliphatic rings. The van der Waals surface area contributed by atoms with Gasteiger partial charge in [-0.1, -0.05) is 23.4 Å². The van der Waals surface area contributed by atoms with Gasteiger partial charge in [0, 0.05) is 82.3 Å². The van der Waals surface area contributed by atoms with Gasteiger partial charge in [0.25, 0.3) is 11.5 Å². The van der Waals surface area contributed by atoms with Crippen molar-refractivity contribution in [3.8, 4) is 11.1 Å². The van der Waals surface area contributed by atoms with Gasteiger partial charge in [-0.15, -0.1) is 15.3 Å². The molecule has 4 aromatic heterocycles. The van der Waals surface area contributed by atoms with E-state index in [1.807, 2.05) is 27.6 Å². The molecule has 8 rings (SSSR count). The minimum Gasteiger partial charge on any atom is -0.469 e. The van der Waals surface area contributed by atoms with Crippen LogP contribution in [-0.2, 0) is 38.4 Å². The summed E-state index contributed by atoms with van der Waals surface area (Å²) in [4.78, 5) is 71.5. The Kier molecular flexibility index (Phi) is 10.8. The number of nitrogens with zero attached hydrogens (tertiary/aromatic N) is 9. The fourth-order valence-electron chi connectivity index (χ4n) is 7.36. The molecule has 4 amide bonds. The normalized spacial score (nSPS) is 16.0. The minimum absolute atomic E-state index is 0.0684. The second-order valence-corrected chi connectivity index (χ2v) is 14.2. The number of carbonyl (C=O) groups excluding carboxylic acids is 4. The third-order valence-electron chi connectivity index (χ3n) is 10.5. The van der Waals surface area contributed by atoms with Crippen LogP contribution >= 0.6 is 0 Å². The van der Waals surface area contributed by atoms with Gasteiger partial charge < -0.3 is 19.5 Å². The molecule has 0 radical (unpaired) electrons. The molecule has 292 valence electrons. The van der Waals surface area contributed by atoms with Gasteiger partial charge in [-0.25, -0.2) is 4.98 Å². The van der Waals surface area contributed by atoms with E-state index in [9.17, 15) is 24.0 Å². The Morgan fingerprint density at radius 3 is 2.56 bits per heavy atom. The largest absolute Gasteiger partial charge is 0.469 e. The van der Waals surface area contributed by atoms with E-state index in [-0.39, 0.29) is 42.4 Å². The summed E-state index contributed by atoms with van der Waals surface area (Å²) in [5.41, 5.74) is 4.37. The van der Waals surface area contributed by atoms with E-state index >= 15 is 0 Å². The summed E-state index contributed by atoms with van der Waals surface area (Å²) in [5, 5.41) is 21.9. The highest BCUT2D eigenvalue weighted by Crippen LogP contribution is 2.27. The van der Waals surface area contributed by atoms with Crippen LogP contribution in [-0.4, -0.2) is 95.8 Å². The summed E-state index contributed by atoms with van der Waals surface area (Å²) < 4.78 is 8.41. The van der Waals surface area contributed by atoms with E-state index in [4.69, 9.17) is 9.40 Å². The van der Waals surface area contributed by atoms with E-state index in [0.717, 1.165) is 50.7 Å². The van der Waals surface area contributed by atoms with E-state index in [1.54, 1.807) is 30.8 Å². The van der Waals surface area contributed by atoms with Gasteiger partial charge in [0.1, 0.15) is 29.5 Å². The van der Waals surface area contributed by atoms with E-state index in [1.165, 1.54) is 0 Å². The molecule has 1 unspecified atom stereocenters. The van der Waals surface area contributed by atoms with Crippen molar-refractivity contribution in [1.82, 2.24) is 50.1 Å². The first-order valence-electron chi connectivity index (χ1n) is 19.1. The molecule has 2 N–H and O–H groups in total. The molecule has 2 fully saturated rings. The van der Waals surface area contributed by atoms with Crippen LogP contribution in [0.25, 0.3) is 27.7 Å². The van der Waals surface area contributed by atoms with Gasteiger partial charge in [0.2, 0.25) is 17.7 Å². The number of hydrogen-bond donors (Lipinski definition) is 2. The van der Waals surface area contributed by atoms with Gasteiger partial charge >= 0.3 is 0 Å². The van der Waals surface area contributed by atoms with Crippen LogP contribution in [0.1, 0.15) is 55.3 Å². The Hall–Kier alpha value is -6.78. The number of piperazine rings is 1. The number of imide groups is 1. The number of aryl methyl sites for hydroxylation is 3. The van der Waals surface area contributed by atoms with Gasteiger partial charge in [-0.2, -0.15) is 4.68 Å². The number of amides is 4. The molecule has 17 heteroatoms. The van der Waals surface area contributed by atoms with Crippen molar-refractivity contribution in [2.45, 2.75) is 57.4 Å². The molecule has 6 heterocycles. The molecule has 0 spiro atoms. The van der Waals surface area contributed by atoms with E-state index in [2.05, 4.69) is 60.3 Å². The lowest BCUT2D eigenvalue weighted by Gasteiger charge is -2.36. The standard InChI is InChI=1S/C40H41N11O6/c52-35(15-6-26-5-12-32-30(23-26)40(56)51(47-45-32)33-13-16-36(53)44-39(33)55)41-17-1-4-37(54)49-20-18-48(19-21-49)28-9-7-27(8-10-28)31-24-42-34(50-25-43-46-38(31)50)14-11-29-3-2-22-57-29/h2-3,5,7-10,12,22-25,33H,1,4,6,11,13-21H2,(H,41,52)(H,44,53,55). The maximum absolute atomic E-state index is 13.2. The van der Waals surface area contributed by atoms with Gasteiger partial charge in [0.15, 0.2) is 5.65 Å². The second-order valence-electron chi connectivity index (χ2n) is 14.2. The summed E-state index contributed by atoms with van der Waals surface area (Å²) in [6, 6.07) is 16.3. The minimum atomic E-state index is -0.909. The number of carbonyl (C=O) groups is 4. The maximum atomic E-state index is 13.2. The zero-order valence-electron chi connectivity index (χ0n) is 31.2. The molecule has 0 bridgehead atoms. The predicted molar refractivity (Wildman–Crippen MR) is 207 cm³/mol. The Bertz CT molecular complexity index is 2490. The van der Waals surface area contributed by atoms with Crippen LogP contribution in [0.4, 0.5) is 5.69 Å². The summed E-state index contributed by atoms with van der Waals surface area (Å²) in [6.07, 6.45) is 8.38. The fourth-order valence-corrected chi connectivity index (χ4v) is 7.36. The first kappa shape index (κ1) is 37.2. The van der Waals surface area contributed by atoms with Crippen molar-refractivity contribution in [3.05, 3.63) is 101 Å². The second kappa shape index (κ2) is 16.5. The fraction of sp³-hybridized carbons (Fsp3) is 0.350. The van der Waals surface area contributed by atoms with E-state index in [0.29, 0.717) is 63.9 Å². The Morgan fingerprint density at radius 2 is 1.77 bits per heavy atom. The number of nitrogens with one attached hydrogen (secondary N) is 2. The lowest BCUT2D eigenvalue weighted by Crippen LogP contribution is -2.48. The summed E-state index contributed by atoms with van der Waals surface area (Å²) in [6.45, 7) is 3.05. The molecule has 2 aliphatic heterocycles. The van der Waals surface area contributed by atoms with E-state index < -0.39 is 17.5 Å². The molecule has 17 nitrogen and oxygen atoms in total. The number of anilines is 1. The third kappa shape index (κ3) is 8.27. The van der Waals surface area contributed by atoms with Crippen LogP contribution in [0.3, 0.4) is 0 Å². The Balaban J connectivity index is 0.765. The van der Waals surface area contributed by atoms with Crippen LogP contribution in [0.15, 0.2) is 82.6 Å². The molecule has 0 saturated carbocycles. The lowest BCUT2D eigenvalue weighted by molar-refractivity contribution is -0.136. The molecule has 57 heavy (non-hydrogen) atoms. The zero-order chi connectivity index (χ0) is 39.3. The Labute approximate surface area is 326 Å². The van der Waals surface area contributed by atoms with Gasteiger partial charge in [0.05, 0.1) is 11.6 Å². The third-order valence-corrected chi connectivity index (χ3v) is 10.5. The highest BCUT2D eigenvalue weighted by Gasteiger charge is 2.30. The van der Waals surface area contributed by atoms with Crippen LogP contribution in [0, 0.1) is 0 Å². The van der Waals surface area contributed by atoms with Gasteiger partial charge in [-0.3, -0.25) is 33.7 Å². The number of aromatic nitrogens is 7. The highest BCUT2D eigenvalue weighted by molar-refractivity contribution is 5.99. The maximum Gasteiger partial charge on any atom is 0.278 e. The summed E-state index contributed by atoms with van der Waals surface area (Å²) >= 11 is 0. The molecule has 2 saturated heterocycles. The molecular weight excluding hydrogens is 731 g/mol. The summed E-state index contributed by atoms with van der Waals surface area (Å²) in [7, 11) is 0. The molecule has 2 aromatic carbocycles. The van der Waals surface area contributed by atoms with Crippen LogP contribution < -0.4 is 21.1 Å². The van der Waals surface area contributed by atoms with Crippen molar-refractivity contribution >= 4 is 45.9 Å². The highest BCUT2D eigenvalue weighted by atomic mass is 16.3. The number of rotatable bonds is 13. The number of fused-ring (bicyclic) bond motifs is 2.